The zero-order chi connectivity index (χ0) is 33.9. The van der Waals surface area contributed by atoms with Crippen LogP contribution in [-0.4, -0.2) is 37.2 Å². The zero-order valence-corrected chi connectivity index (χ0v) is 31.0. The maximum atomic E-state index is 12.5. The topological polar surface area (TPSA) is 78.9 Å². The molecule has 0 amide bonds. The van der Waals surface area contributed by atoms with Crippen molar-refractivity contribution >= 4 is 17.9 Å². The van der Waals surface area contributed by atoms with E-state index in [0.717, 1.165) is 70.1 Å². The molecule has 46 heavy (non-hydrogen) atoms. The second-order valence-electron chi connectivity index (χ2n) is 13.8. The van der Waals surface area contributed by atoms with Gasteiger partial charge in [-0.3, -0.25) is 14.4 Å². The normalized spacial score (nSPS) is 12.5. The van der Waals surface area contributed by atoms with E-state index in [1.807, 2.05) is 0 Å². The molecular formula is C40H76O6. The average molecular weight is 653 g/mol. The third kappa shape index (κ3) is 32.4. The molecule has 0 saturated carbocycles. The monoisotopic (exact) mass is 653 g/mol. The van der Waals surface area contributed by atoms with E-state index in [2.05, 4.69) is 27.7 Å². The Balaban J connectivity index is 4.23. The molecule has 0 radical (unpaired) electrons. The molecule has 0 fully saturated rings. The summed E-state index contributed by atoms with van der Waals surface area (Å²) < 4.78 is 16.5. The Bertz CT molecular complexity index is 693. The van der Waals surface area contributed by atoms with Gasteiger partial charge in [-0.25, -0.2) is 0 Å². The highest BCUT2D eigenvalue weighted by molar-refractivity contribution is 5.71. The van der Waals surface area contributed by atoms with Gasteiger partial charge in [-0.15, -0.1) is 0 Å². The van der Waals surface area contributed by atoms with E-state index in [-0.39, 0.29) is 31.1 Å². The van der Waals surface area contributed by atoms with E-state index in [4.69, 9.17) is 14.2 Å². The van der Waals surface area contributed by atoms with Crippen LogP contribution in [-0.2, 0) is 28.6 Å². The largest absolute Gasteiger partial charge is 0.462 e. The summed E-state index contributed by atoms with van der Waals surface area (Å²) in [5, 5.41) is 0. The second-order valence-corrected chi connectivity index (χ2v) is 13.8. The fraction of sp³-hybridized carbons (Fsp3) is 0.925. The van der Waals surface area contributed by atoms with Gasteiger partial charge in [0.25, 0.3) is 0 Å². The molecule has 6 nitrogen and oxygen atoms in total. The summed E-state index contributed by atoms with van der Waals surface area (Å²) in [5.41, 5.74) is 0. The van der Waals surface area contributed by atoms with Crippen LogP contribution in [0.4, 0.5) is 0 Å². The minimum Gasteiger partial charge on any atom is -0.462 e. The van der Waals surface area contributed by atoms with Crippen molar-refractivity contribution in [3.05, 3.63) is 0 Å². The molecule has 6 heteroatoms. The number of ether oxygens (including phenoxy) is 3. The smallest absolute Gasteiger partial charge is 0.306 e. The number of carbonyl (C=O) groups is 3. The summed E-state index contributed by atoms with van der Waals surface area (Å²) in [4.78, 5) is 37.2. The van der Waals surface area contributed by atoms with Crippen molar-refractivity contribution in [1.82, 2.24) is 0 Å². The van der Waals surface area contributed by atoms with E-state index < -0.39 is 6.10 Å². The third-order valence-corrected chi connectivity index (χ3v) is 9.15. The maximum Gasteiger partial charge on any atom is 0.306 e. The fourth-order valence-electron chi connectivity index (χ4n) is 5.71. The van der Waals surface area contributed by atoms with Crippen LogP contribution >= 0.6 is 0 Å². The molecule has 0 aliphatic rings. The van der Waals surface area contributed by atoms with Crippen molar-refractivity contribution in [3.63, 3.8) is 0 Å². The van der Waals surface area contributed by atoms with Gasteiger partial charge in [-0.1, -0.05) is 175 Å². The van der Waals surface area contributed by atoms with Crippen molar-refractivity contribution in [1.29, 1.82) is 0 Å². The lowest BCUT2D eigenvalue weighted by Crippen LogP contribution is -2.30. The lowest BCUT2D eigenvalue weighted by atomic mass is 9.99. The number of hydrogen-bond donors (Lipinski definition) is 0. The van der Waals surface area contributed by atoms with Crippen LogP contribution < -0.4 is 0 Å². The summed E-state index contributed by atoms with van der Waals surface area (Å²) in [5.74, 6) is -0.00962. The molecule has 0 heterocycles. The Morgan fingerprint density at radius 2 is 0.761 bits per heavy atom. The highest BCUT2D eigenvalue weighted by Gasteiger charge is 2.19. The van der Waals surface area contributed by atoms with Gasteiger partial charge in [-0.05, 0) is 25.2 Å². The molecule has 0 aliphatic heterocycles. The SMILES string of the molecule is CCCCCCCCCCCC(=O)O[C@H](COC(=O)CCCCCCC)COC(=O)CCCCCCCCCCCCC(C)CC. The summed E-state index contributed by atoms with van der Waals surface area (Å²) in [6.07, 6.45) is 31.1. The minimum atomic E-state index is -0.755. The number of hydrogen-bond acceptors (Lipinski definition) is 6. The first-order chi connectivity index (χ1) is 22.4. The molecule has 2 atom stereocenters. The molecular weight excluding hydrogens is 576 g/mol. The maximum absolute atomic E-state index is 12.5. The Morgan fingerprint density at radius 3 is 1.13 bits per heavy atom. The first kappa shape index (κ1) is 44.4. The van der Waals surface area contributed by atoms with Crippen LogP contribution in [0.15, 0.2) is 0 Å². The molecule has 0 aromatic rings. The number of carbonyl (C=O) groups excluding carboxylic acids is 3. The van der Waals surface area contributed by atoms with Crippen molar-refractivity contribution in [3.8, 4) is 0 Å². The van der Waals surface area contributed by atoms with Gasteiger partial charge in [0.2, 0.25) is 0 Å². The van der Waals surface area contributed by atoms with Gasteiger partial charge >= 0.3 is 17.9 Å². The Kier molecular flexibility index (Phi) is 33.5. The summed E-state index contributed by atoms with van der Waals surface area (Å²) in [6, 6.07) is 0. The predicted octanol–water partition coefficient (Wildman–Crippen LogP) is 12.0. The number of esters is 3. The Labute approximate surface area is 285 Å². The molecule has 0 aliphatic carbocycles. The Morgan fingerprint density at radius 1 is 0.435 bits per heavy atom. The first-order valence-electron chi connectivity index (χ1n) is 19.9. The van der Waals surface area contributed by atoms with Crippen LogP contribution in [0.25, 0.3) is 0 Å². The lowest BCUT2D eigenvalue weighted by Gasteiger charge is -2.18. The average Bonchev–Trinajstić information content (AvgIpc) is 3.05. The summed E-state index contributed by atoms with van der Waals surface area (Å²) in [6.45, 7) is 8.89. The molecule has 0 aromatic carbocycles. The molecule has 0 rings (SSSR count). The second kappa shape index (κ2) is 34.7. The van der Waals surface area contributed by atoms with Gasteiger partial charge in [0.15, 0.2) is 6.10 Å². The van der Waals surface area contributed by atoms with Crippen molar-refractivity contribution in [2.24, 2.45) is 5.92 Å². The molecule has 0 saturated heterocycles. The molecule has 0 aromatic heterocycles. The summed E-state index contributed by atoms with van der Waals surface area (Å²) >= 11 is 0. The first-order valence-corrected chi connectivity index (χ1v) is 19.9. The Hall–Kier alpha value is -1.59. The number of rotatable bonds is 35. The highest BCUT2D eigenvalue weighted by Crippen LogP contribution is 2.16. The lowest BCUT2D eigenvalue weighted by molar-refractivity contribution is -0.167. The molecule has 1 unspecified atom stereocenters. The summed E-state index contributed by atoms with van der Waals surface area (Å²) in [7, 11) is 0. The number of unbranched alkanes of at least 4 members (excludes halogenated alkanes) is 21. The predicted molar refractivity (Wildman–Crippen MR) is 192 cm³/mol. The standard InChI is InChI=1S/C40H76O6/c1-5-8-10-12-13-16-21-25-29-33-40(43)46-37(34-44-38(41)31-27-22-11-9-6-2)35-45-39(42)32-28-24-20-18-15-14-17-19-23-26-30-36(4)7-3/h36-37H,5-35H2,1-4H3/t36?,37-/m1/s1. The van der Waals surface area contributed by atoms with Crippen LogP contribution in [0.3, 0.4) is 0 Å². The van der Waals surface area contributed by atoms with Crippen LogP contribution in [0.5, 0.6) is 0 Å². The van der Waals surface area contributed by atoms with Gasteiger partial charge in [-0.2, -0.15) is 0 Å². The fourth-order valence-corrected chi connectivity index (χ4v) is 5.71. The van der Waals surface area contributed by atoms with Crippen LogP contribution in [0.2, 0.25) is 0 Å². The van der Waals surface area contributed by atoms with Gasteiger partial charge in [0.05, 0.1) is 0 Å². The van der Waals surface area contributed by atoms with E-state index >= 15 is 0 Å². The minimum absolute atomic E-state index is 0.0660. The van der Waals surface area contributed by atoms with Gasteiger partial charge in [0.1, 0.15) is 13.2 Å². The molecule has 272 valence electrons. The van der Waals surface area contributed by atoms with Crippen molar-refractivity contribution in [2.75, 3.05) is 13.2 Å². The van der Waals surface area contributed by atoms with E-state index in [1.54, 1.807) is 0 Å². The quantitative estimate of drug-likeness (QED) is 0.0385. The highest BCUT2D eigenvalue weighted by atomic mass is 16.6. The van der Waals surface area contributed by atoms with Gasteiger partial charge < -0.3 is 14.2 Å². The van der Waals surface area contributed by atoms with Crippen molar-refractivity contribution < 1.29 is 28.6 Å². The van der Waals surface area contributed by atoms with Crippen LogP contribution in [0.1, 0.15) is 214 Å². The third-order valence-electron chi connectivity index (χ3n) is 9.15. The molecule has 0 bridgehead atoms. The van der Waals surface area contributed by atoms with Crippen LogP contribution in [0, 0.1) is 5.92 Å². The molecule has 0 N–H and O–H groups in total. The molecule has 0 spiro atoms. The van der Waals surface area contributed by atoms with E-state index in [9.17, 15) is 14.4 Å². The zero-order valence-electron chi connectivity index (χ0n) is 31.0. The van der Waals surface area contributed by atoms with E-state index in [1.165, 1.54) is 103 Å². The van der Waals surface area contributed by atoms with E-state index in [0.29, 0.717) is 19.3 Å². The van der Waals surface area contributed by atoms with Crippen molar-refractivity contribution in [2.45, 2.75) is 220 Å². The van der Waals surface area contributed by atoms with Gasteiger partial charge in [0, 0.05) is 19.3 Å².